The first-order chi connectivity index (χ1) is 9.56. The normalized spacial score (nSPS) is 13.6. The van der Waals surface area contributed by atoms with E-state index in [1.807, 2.05) is 38.1 Å². The molecule has 0 saturated heterocycles. The van der Waals surface area contributed by atoms with Crippen LogP contribution in [0, 0.1) is 0 Å². The lowest BCUT2D eigenvalue weighted by molar-refractivity contribution is -0.123. The van der Waals surface area contributed by atoms with E-state index in [9.17, 15) is 4.79 Å². The van der Waals surface area contributed by atoms with Gasteiger partial charge in [-0.05, 0) is 50.9 Å². The Morgan fingerprint density at radius 2 is 1.90 bits per heavy atom. The summed E-state index contributed by atoms with van der Waals surface area (Å²) in [7, 11) is 1.66. The lowest BCUT2D eigenvalue weighted by Gasteiger charge is -2.17. The lowest BCUT2D eigenvalue weighted by Crippen LogP contribution is -2.45. The zero-order valence-corrected chi connectivity index (χ0v) is 12.9. The zero-order valence-electron chi connectivity index (χ0n) is 12.9. The van der Waals surface area contributed by atoms with Crippen molar-refractivity contribution in [3.8, 4) is 5.75 Å². The average Bonchev–Trinajstić information content (AvgIpc) is 2.47. The Morgan fingerprint density at radius 1 is 1.25 bits per heavy atom. The highest BCUT2D eigenvalue weighted by molar-refractivity contribution is 5.81. The van der Waals surface area contributed by atoms with Crippen LogP contribution in [0.1, 0.15) is 32.8 Å². The highest BCUT2D eigenvalue weighted by Crippen LogP contribution is 2.11. The molecule has 0 saturated carbocycles. The Labute approximate surface area is 121 Å². The van der Waals surface area contributed by atoms with Crippen LogP contribution in [0.5, 0.6) is 5.75 Å². The molecule has 0 spiro atoms. The van der Waals surface area contributed by atoms with E-state index in [1.165, 1.54) is 5.56 Å². The Hall–Kier alpha value is -1.55. The summed E-state index contributed by atoms with van der Waals surface area (Å²) in [5.41, 5.74) is 1.23. The summed E-state index contributed by atoms with van der Waals surface area (Å²) < 4.78 is 5.12. The highest BCUT2D eigenvalue weighted by atomic mass is 16.5. The number of methoxy groups -OCH3 is 1. The van der Waals surface area contributed by atoms with Crippen molar-refractivity contribution in [2.24, 2.45) is 0 Å². The standard InChI is InChI=1S/C16H26N2O2/c1-5-12(2)18-16(19)13(3)17-11-10-14-6-8-15(20-4)9-7-14/h6-9,12-13,17H,5,10-11H2,1-4H3,(H,18,19). The van der Waals surface area contributed by atoms with Gasteiger partial charge in [0.15, 0.2) is 0 Å². The molecule has 0 aliphatic rings. The third-order valence-corrected chi connectivity index (χ3v) is 3.42. The zero-order chi connectivity index (χ0) is 15.0. The summed E-state index contributed by atoms with van der Waals surface area (Å²) in [5, 5.41) is 6.22. The van der Waals surface area contributed by atoms with Crippen molar-refractivity contribution >= 4 is 5.91 Å². The molecule has 20 heavy (non-hydrogen) atoms. The third-order valence-electron chi connectivity index (χ3n) is 3.42. The molecule has 0 aliphatic heterocycles. The molecule has 2 atom stereocenters. The maximum absolute atomic E-state index is 11.8. The Balaban J connectivity index is 2.30. The van der Waals surface area contributed by atoms with Gasteiger partial charge in [0.05, 0.1) is 13.2 Å². The van der Waals surface area contributed by atoms with Crippen LogP contribution in [0.4, 0.5) is 0 Å². The molecule has 1 amide bonds. The second kappa shape index (κ2) is 8.59. The number of amides is 1. The van der Waals surface area contributed by atoms with Crippen LogP contribution < -0.4 is 15.4 Å². The van der Waals surface area contributed by atoms with Crippen molar-refractivity contribution in [2.75, 3.05) is 13.7 Å². The molecule has 0 fully saturated rings. The fourth-order valence-corrected chi connectivity index (χ4v) is 1.79. The fraction of sp³-hybridized carbons (Fsp3) is 0.562. The van der Waals surface area contributed by atoms with Crippen LogP contribution in [0.3, 0.4) is 0 Å². The second-order valence-corrected chi connectivity index (χ2v) is 5.09. The number of hydrogen-bond donors (Lipinski definition) is 2. The molecule has 0 aliphatic carbocycles. The predicted octanol–water partition coefficient (Wildman–Crippen LogP) is 2.13. The van der Waals surface area contributed by atoms with Crippen LogP contribution >= 0.6 is 0 Å². The van der Waals surface area contributed by atoms with Gasteiger partial charge in [0.25, 0.3) is 0 Å². The molecule has 0 bridgehead atoms. The van der Waals surface area contributed by atoms with Crippen LogP contribution in [0.2, 0.25) is 0 Å². The minimum Gasteiger partial charge on any atom is -0.497 e. The molecule has 1 aromatic rings. The SMILES string of the molecule is CCC(C)NC(=O)C(C)NCCc1ccc(OC)cc1. The summed E-state index contributed by atoms with van der Waals surface area (Å²) in [4.78, 5) is 11.8. The number of ether oxygens (including phenoxy) is 1. The fourth-order valence-electron chi connectivity index (χ4n) is 1.79. The molecule has 4 nitrogen and oxygen atoms in total. The Morgan fingerprint density at radius 3 is 2.45 bits per heavy atom. The first-order valence-corrected chi connectivity index (χ1v) is 7.23. The monoisotopic (exact) mass is 278 g/mol. The van der Waals surface area contributed by atoms with Crippen molar-refractivity contribution in [3.63, 3.8) is 0 Å². The third kappa shape index (κ3) is 5.61. The van der Waals surface area contributed by atoms with Gasteiger partial charge in [-0.1, -0.05) is 19.1 Å². The average molecular weight is 278 g/mol. The topological polar surface area (TPSA) is 50.4 Å². The molecule has 112 valence electrons. The van der Waals surface area contributed by atoms with E-state index < -0.39 is 0 Å². The number of carbonyl (C=O) groups excluding carboxylic acids is 1. The maximum Gasteiger partial charge on any atom is 0.237 e. The summed E-state index contributed by atoms with van der Waals surface area (Å²) in [6, 6.07) is 8.06. The molecule has 1 aromatic carbocycles. The summed E-state index contributed by atoms with van der Waals surface area (Å²) in [6.07, 6.45) is 1.84. The Kier molecular flexibility index (Phi) is 7.09. The summed E-state index contributed by atoms with van der Waals surface area (Å²) in [5.74, 6) is 0.928. The number of carbonyl (C=O) groups is 1. The van der Waals surface area contributed by atoms with E-state index in [2.05, 4.69) is 17.6 Å². The molecule has 2 N–H and O–H groups in total. The van der Waals surface area contributed by atoms with Crippen molar-refractivity contribution in [3.05, 3.63) is 29.8 Å². The van der Waals surface area contributed by atoms with Crippen LogP contribution in [0.25, 0.3) is 0 Å². The predicted molar refractivity (Wildman–Crippen MR) is 82.1 cm³/mol. The molecule has 0 heterocycles. The smallest absolute Gasteiger partial charge is 0.237 e. The molecule has 0 radical (unpaired) electrons. The van der Waals surface area contributed by atoms with Crippen LogP contribution in [-0.2, 0) is 11.2 Å². The Bertz CT molecular complexity index is 403. The van der Waals surface area contributed by atoms with E-state index in [1.54, 1.807) is 7.11 Å². The number of hydrogen-bond acceptors (Lipinski definition) is 3. The molecule has 4 heteroatoms. The van der Waals surface area contributed by atoms with Gasteiger partial charge in [-0.15, -0.1) is 0 Å². The largest absolute Gasteiger partial charge is 0.497 e. The highest BCUT2D eigenvalue weighted by Gasteiger charge is 2.13. The van der Waals surface area contributed by atoms with Crippen molar-refractivity contribution < 1.29 is 9.53 Å². The van der Waals surface area contributed by atoms with Gasteiger partial charge in [-0.3, -0.25) is 4.79 Å². The van der Waals surface area contributed by atoms with Crippen molar-refractivity contribution in [1.29, 1.82) is 0 Å². The van der Waals surface area contributed by atoms with Crippen LogP contribution in [0.15, 0.2) is 24.3 Å². The minimum absolute atomic E-state index is 0.0640. The van der Waals surface area contributed by atoms with E-state index in [-0.39, 0.29) is 18.0 Å². The number of nitrogens with one attached hydrogen (secondary N) is 2. The van der Waals surface area contributed by atoms with Gasteiger partial charge in [0.1, 0.15) is 5.75 Å². The molecular weight excluding hydrogens is 252 g/mol. The van der Waals surface area contributed by atoms with E-state index in [4.69, 9.17) is 4.74 Å². The molecular formula is C16H26N2O2. The van der Waals surface area contributed by atoms with Gasteiger partial charge >= 0.3 is 0 Å². The van der Waals surface area contributed by atoms with E-state index >= 15 is 0 Å². The summed E-state index contributed by atoms with van der Waals surface area (Å²) in [6.45, 7) is 6.75. The molecule has 2 unspecified atom stereocenters. The lowest BCUT2D eigenvalue weighted by atomic mass is 10.1. The first-order valence-electron chi connectivity index (χ1n) is 7.23. The first kappa shape index (κ1) is 16.5. The maximum atomic E-state index is 11.8. The number of rotatable bonds is 8. The van der Waals surface area contributed by atoms with E-state index in [0.29, 0.717) is 0 Å². The molecule has 1 rings (SSSR count). The summed E-state index contributed by atoms with van der Waals surface area (Å²) >= 11 is 0. The van der Waals surface area contributed by atoms with Gasteiger partial charge in [0.2, 0.25) is 5.91 Å². The van der Waals surface area contributed by atoms with Gasteiger partial charge in [-0.25, -0.2) is 0 Å². The van der Waals surface area contributed by atoms with E-state index in [0.717, 1.165) is 25.1 Å². The second-order valence-electron chi connectivity index (χ2n) is 5.09. The number of benzene rings is 1. The van der Waals surface area contributed by atoms with Crippen molar-refractivity contribution in [2.45, 2.75) is 45.7 Å². The van der Waals surface area contributed by atoms with Crippen LogP contribution in [-0.4, -0.2) is 31.6 Å². The minimum atomic E-state index is -0.165. The van der Waals surface area contributed by atoms with Gasteiger partial charge in [-0.2, -0.15) is 0 Å². The molecule has 0 aromatic heterocycles. The van der Waals surface area contributed by atoms with Crippen molar-refractivity contribution in [1.82, 2.24) is 10.6 Å². The van der Waals surface area contributed by atoms with Gasteiger partial charge < -0.3 is 15.4 Å². The van der Waals surface area contributed by atoms with Gasteiger partial charge in [0, 0.05) is 6.04 Å². The quantitative estimate of drug-likeness (QED) is 0.766.